The van der Waals surface area contributed by atoms with Gasteiger partial charge in [-0.2, -0.15) is 18.3 Å². The molecule has 0 aromatic carbocycles. The van der Waals surface area contributed by atoms with Gasteiger partial charge in [0.2, 0.25) is 0 Å². The van der Waals surface area contributed by atoms with E-state index in [1.54, 1.807) is 24.7 Å². The summed E-state index contributed by atoms with van der Waals surface area (Å²) in [5, 5.41) is 3.55. The third-order valence-electron chi connectivity index (χ3n) is 3.97. The second-order valence-electron chi connectivity index (χ2n) is 6.06. The minimum atomic E-state index is -4.72. The molecule has 26 heavy (non-hydrogen) atoms. The zero-order valence-corrected chi connectivity index (χ0v) is 15.1. The van der Waals surface area contributed by atoms with Gasteiger partial charge in [-0.05, 0) is 39.1 Å². The number of fused-ring (bicyclic) bond motifs is 1. The molecule has 0 aliphatic heterocycles. The lowest BCUT2D eigenvalue weighted by Crippen LogP contribution is -2.21. The van der Waals surface area contributed by atoms with Crippen LogP contribution in [0.5, 0.6) is 0 Å². The van der Waals surface area contributed by atoms with Gasteiger partial charge in [-0.1, -0.05) is 0 Å². The van der Waals surface area contributed by atoms with Gasteiger partial charge in [0, 0.05) is 24.3 Å². The molecule has 1 N–H and O–H groups in total. The van der Waals surface area contributed by atoms with Gasteiger partial charge in [-0.3, -0.25) is 19.0 Å². The Morgan fingerprint density at radius 1 is 1.35 bits per heavy atom. The SMILES string of the molecule is CCn1cc(-c2cc(C(F)(F)F)c3c(=O)[nH]c(=S)n(C(C)C)c3n2)cn1. The predicted octanol–water partition coefficient (Wildman–Crippen LogP) is 3.94. The largest absolute Gasteiger partial charge is 0.417 e. The molecule has 0 fully saturated rings. The maximum atomic E-state index is 13.7. The molecule has 0 radical (unpaired) electrons. The van der Waals surface area contributed by atoms with Crippen LogP contribution in [-0.2, 0) is 12.7 Å². The summed E-state index contributed by atoms with van der Waals surface area (Å²) in [5.41, 5.74) is -1.53. The van der Waals surface area contributed by atoms with Crippen LogP contribution in [0.1, 0.15) is 32.4 Å². The lowest BCUT2D eigenvalue weighted by Gasteiger charge is -2.17. The monoisotopic (exact) mass is 383 g/mol. The highest BCUT2D eigenvalue weighted by molar-refractivity contribution is 7.71. The molecule has 0 saturated heterocycles. The number of aryl methyl sites for hydroxylation is 1. The number of hydrogen-bond donors (Lipinski definition) is 1. The van der Waals surface area contributed by atoms with Crippen molar-refractivity contribution in [3.63, 3.8) is 0 Å². The van der Waals surface area contributed by atoms with Crippen LogP contribution in [0, 0.1) is 4.77 Å². The number of H-pyrrole nitrogens is 1. The Balaban J connectivity index is 2.48. The first-order valence-corrected chi connectivity index (χ1v) is 8.34. The summed E-state index contributed by atoms with van der Waals surface area (Å²) < 4.78 is 44.0. The van der Waals surface area contributed by atoms with Crippen LogP contribution < -0.4 is 5.56 Å². The summed E-state index contributed by atoms with van der Waals surface area (Å²) in [6.07, 6.45) is -1.67. The number of alkyl halides is 3. The van der Waals surface area contributed by atoms with Crippen LogP contribution in [0.25, 0.3) is 22.3 Å². The summed E-state index contributed by atoms with van der Waals surface area (Å²) in [4.78, 5) is 18.9. The molecule has 0 aliphatic carbocycles. The number of hydrogen-bond acceptors (Lipinski definition) is 4. The predicted molar refractivity (Wildman–Crippen MR) is 93.5 cm³/mol. The lowest BCUT2D eigenvalue weighted by atomic mass is 10.1. The quantitative estimate of drug-likeness (QED) is 0.696. The van der Waals surface area contributed by atoms with Crippen molar-refractivity contribution < 1.29 is 13.2 Å². The molecule has 3 rings (SSSR count). The number of aromatic nitrogens is 5. The van der Waals surface area contributed by atoms with E-state index in [0.29, 0.717) is 12.1 Å². The van der Waals surface area contributed by atoms with E-state index in [1.165, 1.54) is 10.8 Å². The van der Waals surface area contributed by atoms with Crippen molar-refractivity contribution in [2.75, 3.05) is 0 Å². The normalized spacial score (nSPS) is 12.3. The van der Waals surface area contributed by atoms with E-state index in [-0.39, 0.29) is 22.2 Å². The molecule has 10 heteroatoms. The highest BCUT2D eigenvalue weighted by atomic mass is 32.1. The van der Waals surface area contributed by atoms with Crippen LogP contribution in [0.3, 0.4) is 0 Å². The minimum Gasteiger partial charge on any atom is -0.300 e. The summed E-state index contributed by atoms with van der Waals surface area (Å²) in [5.74, 6) is 0. The first kappa shape index (κ1) is 18.3. The number of nitrogens with one attached hydrogen (secondary N) is 1. The maximum absolute atomic E-state index is 13.7. The third-order valence-corrected chi connectivity index (χ3v) is 4.27. The van der Waals surface area contributed by atoms with E-state index in [2.05, 4.69) is 15.1 Å². The van der Waals surface area contributed by atoms with E-state index in [4.69, 9.17) is 12.2 Å². The van der Waals surface area contributed by atoms with Crippen LogP contribution in [0.2, 0.25) is 0 Å². The molecule has 0 bridgehead atoms. The van der Waals surface area contributed by atoms with Gasteiger partial charge in [0.1, 0.15) is 5.65 Å². The number of nitrogens with zero attached hydrogens (tertiary/aromatic N) is 4. The summed E-state index contributed by atoms with van der Waals surface area (Å²) in [6, 6.07) is 0.589. The number of pyridine rings is 1. The lowest BCUT2D eigenvalue weighted by molar-refractivity contribution is -0.136. The van der Waals surface area contributed by atoms with Gasteiger partial charge >= 0.3 is 6.18 Å². The van der Waals surface area contributed by atoms with Crippen molar-refractivity contribution >= 4 is 23.3 Å². The maximum Gasteiger partial charge on any atom is 0.417 e. The van der Waals surface area contributed by atoms with Crippen LogP contribution >= 0.6 is 12.2 Å². The summed E-state index contributed by atoms with van der Waals surface area (Å²) in [7, 11) is 0. The Morgan fingerprint density at radius 3 is 2.58 bits per heavy atom. The second kappa shape index (κ2) is 6.35. The van der Waals surface area contributed by atoms with Gasteiger partial charge in [0.05, 0.1) is 22.8 Å². The second-order valence-corrected chi connectivity index (χ2v) is 6.45. The first-order chi connectivity index (χ1) is 12.1. The molecule has 6 nitrogen and oxygen atoms in total. The smallest absolute Gasteiger partial charge is 0.300 e. The van der Waals surface area contributed by atoms with Crippen molar-refractivity contribution in [1.82, 2.24) is 24.3 Å². The Morgan fingerprint density at radius 2 is 2.04 bits per heavy atom. The van der Waals surface area contributed by atoms with Gasteiger partial charge in [0.25, 0.3) is 5.56 Å². The fourth-order valence-electron chi connectivity index (χ4n) is 2.77. The fourth-order valence-corrected chi connectivity index (χ4v) is 3.16. The summed E-state index contributed by atoms with van der Waals surface area (Å²) in [6.45, 7) is 5.94. The topological polar surface area (TPSA) is 68.5 Å². The van der Waals surface area contributed by atoms with E-state index in [0.717, 1.165) is 6.07 Å². The number of halogens is 3. The molecule has 0 saturated carbocycles. The number of rotatable bonds is 3. The molecule has 0 amide bonds. The van der Waals surface area contributed by atoms with Crippen LogP contribution in [0.15, 0.2) is 23.3 Å². The molecule has 138 valence electrons. The average molecular weight is 383 g/mol. The molecular weight excluding hydrogens is 367 g/mol. The Labute approximate surface area is 151 Å². The highest BCUT2D eigenvalue weighted by Crippen LogP contribution is 2.35. The molecule has 0 spiro atoms. The molecule has 0 aliphatic rings. The third kappa shape index (κ3) is 3.05. The van der Waals surface area contributed by atoms with E-state index in [1.807, 2.05) is 6.92 Å². The van der Waals surface area contributed by atoms with Crippen molar-refractivity contribution in [2.24, 2.45) is 0 Å². The van der Waals surface area contributed by atoms with Crippen molar-refractivity contribution in [1.29, 1.82) is 0 Å². The average Bonchev–Trinajstić information content (AvgIpc) is 3.01. The standard InChI is InChI=1S/C16H16F3N5OS/c1-4-23-7-9(6-20-23)11-5-10(16(17,18)19)12-13(21-11)24(8(2)3)15(26)22-14(12)25/h5-8H,4H2,1-3H3,(H,22,25,26). The van der Waals surface area contributed by atoms with Crippen molar-refractivity contribution in [2.45, 2.75) is 39.5 Å². The molecule has 0 unspecified atom stereocenters. The molecule has 3 heterocycles. The highest BCUT2D eigenvalue weighted by Gasteiger charge is 2.35. The molecule has 3 aromatic rings. The van der Waals surface area contributed by atoms with Gasteiger partial charge < -0.3 is 0 Å². The molecular formula is C16H16F3N5OS. The molecule has 3 aromatic heterocycles. The zero-order valence-electron chi connectivity index (χ0n) is 14.3. The van der Waals surface area contributed by atoms with Crippen LogP contribution in [0.4, 0.5) is 13.2 Å². The van der Waals surface area contributed by atoms with Crippen LogP contribution in [-0.4, -0.2) is 24.3 Å². The van der Waals surface area contributed by atoms with Gasteiger partial charge in [-0.15, -0.1) is 0 Å². The van der Waals surface area contributed by atoms with Gasteiger partial charge in [0.15, 0.2) is 4.77 Å². The zero-order chi connectivity index (χ0) is 19.2. The van der Waals surface area contributed by atoms with Crippen molar-refractivity contribution in [3.05, 3.63) is 39.1 Å². The first-order valence-electron chi connectivity index (χ1n) is 7.93. The fraction of sp³-hybridized carbons (Fsp3) is 0.375. The van der Waals surface area contributed by atoms with Gasteiger partial charge in [-0.25, -0.2) is 4.98 Å². The number of aromatic amines is 1. The summed E-state index contributed by atoms with van der Waals surface area (Å²) >= 11 is 5.13. The Bertz CT molecular complexity index is 1090. The Hall–Kier alpha value is -2.49. The Kier molecular flexibility index (Phi) is 4.47. The van der Waals surface area contributed by atoms with E-state index in [9.17, 15) is 18.0 Å². The molecule has 0 atom stereocenters. The van der Waals surface area contributed by atoms with E-state index >= 15 is 0 Å². The van der Waals surface area contributed by atoms with E-state index < -0.39 is 22.7 Å². The minimum absolute atomic E-state index is 0.0273. The van der Waals surface area contributed by atoms with Crippen molar-refractivity contribution in [3.8, 4) is 11.3 Å².